The summed E-state index contributed by atoms with van der Waals surface area (Å²) in [5.74, 6) is 0. The highest BCUT2D eigenvalue weighted by molar-refractivity contribution is 6.69. The molecule has 0 aromatic heterocycles. The summed E-state index contributed by atoms with van der Waals surface area (Å²) in [5, 5.41) is 0. The second kappa shape index (κ2) is 30.1. The maximum atomic E-state index is 6.22. The largest absolute Gasteiger partial charge is 0.415 e. The molecule has 0 aromatic carbocycles. The SMILES string of the molecule is CCCCCCCCCCCCCCCOC(COCCCCCCCCCCCCC)CO[Si](C)(C)C. The van der Waals surface area contributed by atoms with Gasteiger partial charge in [-0.2, -0.15) is 0 Å². The summed E-state index contributed by atoms with van der Waals surface area (Å²) in [6.07, 6.45) is 33.2. The molecule has 0 amide bonds. The fourth-order valence-corrected chi connectivity index (χ4v) is 5.63. The van der Waals surface area contributed by atoms with Gasteiger partial charge in [0.25, 0.3) is 0 Å². The monoisotopic (exact) mass is 557 g/mol. The van der Waals surface area contributed by atoms with Crippen LogP contribution in [-0.4, -0.2) is 40.8 Å². The van der Waals surface area contributed by atoms with Crippen molar-refractivity contribution < 1.29 is 13.9 Å². The van der Waals surface area contributed by atoms with E-state index in [1.54, 1.807) is 0 Å². The molecule has 38 heavy (non-hydrogen) atoms. The highest BCUT2D eigenvalue weighted by atomic mass is 28.4. The Hall–Kier alpha value is 0.0969. The van der Waals surface area contributed by atoms with Gasteiger partial charge in [-0.3, -0.25) is 0 Å². The first-order valence-electron chi connectivity index (χ1n) is 17.3. The van der Waals surface area contributed by atoms with Crippen LogP contribution in [0.15, 0.2) is 0 Å². The molecule has 0 fully saturated rings. The van der Waals surface area contributed by atoms with Crippen LogP contribution >= 0.6 is 0 Å². The van der Waals surface area contributed by atoms with Crippen LogP contribution in [0.1, 0.15) is 168 Å². The van der Waals surface area contributed by atoms with Crippen molar-refractivity contribution in [1.82, 2.24) is 0 Å². The van der Waals surface area contributed by atoms with Crippen molar-refractivity contribution in [3.8, 4) is 0 Å². The fraction of sp³-hybridized carbons (Fsp3) is 1.00. The third-order valence-corrected chi connectivity index (χ3v) is 8.53. The number of unbranched alkanes of at least 4 members (excludes halogenated alkanes) is 22. The first kappa shape index (κ1) is 38.1. The number of hydrogen-bond donors (Lipinski definition) is 0. The molecule has 230 valence electrons. The van der Waals surface area contributed by atoms with Crippen molar-refractivity contribution >= 4 is 8.32 Å². The van der Waals surface area contributed by atoms with Gasteiger partial charge in [-0.05, 0) is 32.5 Å². The van der Waals surface area contributed by atoms with E-state index in [1.807, 2.05) is 0 Å². The van der Waals surface area contributed by atoms with E-state index in [0.29, 0.717) is 13.2 Å². The average molecular weight is 557 g/mol. The number of hydrogen-bond acceptors (Lipinski definition) is 3. The van der Waals surface area contributed by atoms with E-state index in [1.165, 1.54) is 154 Å². The van der Waals surface area contributed by atoms with Crippen LogP contribution in [0.2, 0.25) is 19.6 Å². The van der Waals surface area contributed by atoms with Gasteiger partial charge in [0.15, 0.2) is 8.32 Å². The Labute approximate surface area is 242 Å². The number of ether oxygens (including phenoxy) is 2. The molecule has 0 saturated carbocycles. The Balaban J connectivity index is 3.68. The summed E-state index contributed by atoms with van der Waals surface area (Å²) in [6.45, 7) is 14.4. The van der Waals surface area contributed by atoms with Gasteiger partial charge >= 0.3 is 0 Å². The molecule has 0 aliphatic heterocycles. The van der Waals surface area contributed by atoms with E-state index in [9.17, 15) is 0 Å². The molecular weight excluding hydrogens is 484 g/mol. The predicted molar refractivity (Wildman–Crippen MR) is 172 cm³/mol. The van der Waals surface area contributed by atoms with E-state index in [4.69, 9.17) is 13.9 Å². The Bertz CT molecular complexity index is 438. The zero-order chi connectivity index (χ0) is 28.0. The smallest absolute Gasteiger partial charge is 0.183 e. The Morgan fingerprint density at radius 1 is 0.421 bits per heavy atom. The molecule has 0 N–H and O–H groups in total. The van der Waals surface area contributed by atoms with Crippen LogP contribution in [0.4, 0.5) is 0 Å². The van der Waals surface area contributed by atoms with Gasteiger partial charge in [0, 0.05) is 13.2 Å². The second-order valence-electron chi connectivity index (χ2n) is 12.8. The van der Waals surface area contributed by atoms with Crippen LogP contribution < -0.4 is 0 Å². The molecule has 4 heteroatoms. The van der Waals surface area contributed by atoms with Crippen molar-refractivity contribution in [2.75, 3.05) is 26.4 Å². The van der Waals surface area contributed by atoms with Gasteiger partial charge in [-0.1, -0.05) is 155 Å². The topological polar surface area (TPSA) is 27.7 Å². The van der Waals surface area contributed by atoms with Gasteiger partial charge in [0.1, 0.15) is 6.10 Å². The summed E-state index contributed by atoms with van der Waals surface area (Å²) in [5.41, 5.74) is 0. The van der Waals surface area contributed by atoms with Gasteiger partial charge in [0.05, 0.1) is 13.2 Å². The summed E-state index contributed by atoms with van der Waals surface area (Å²) in [4.78, 5) is 0. The van der Waals surface area contributed by atoms with E-state index in [2.05, 4.69) is 33.5 Å². The first-order chi connectivity index (χ1) is 18.5. The summed E-state index contributed by atoms with van der Waals surface area (Å²) in [6, 6.07) is 0. The van der Waals surface area contributed by atoms with Crippen LogP contribution in [0.3, 0.4) is 0 Å². The normalized spacial score (nSPS) is 12.9. The summed E-state index contributed by atoms with van der Waals surface area (Å²) >= 11 is 0. The summed E-state index contributed by atoms with van der Waals surface area (Å²) in [7, 11) is -1.53. The minimum Gasteiger partial charge on any atom is -0.415 e. The Morgan fingerprint density at radius 2 is 0.763 bits per heavy atom. The van der Waals surface area contributed by atoms with Crippen molar-refractivity contribution in [3.05, 3.63) is 0 Å². The molecular formula is C34H72O3Si. The molecule has 0 saturated heterocycles. The molecule has 1 unspecified atom stereocenters. The van der Waals surface area contributed by atoms with Gasteiger partial charge in [0.2, 0.25) is 0 Å². The maximum absolute atomic E-state index is 6.22. The van der Waals surface area contributed by atoms with Crippen molar-refractivity contribution in [1.29, 1.82) is 0 Å². The molecule has 0 heterocycles. The molecule has 0 spiro atoms. The average Bonchev–Trinajstić information content (AvgIpc) is 2.89. The Morgan fingerprint density at radius 3 is 1.13 bits per heavy atom. The summed E-state index contributed by atoms with van der Waals surface area (Å²) < 4.78 is 18.4. The quantitative estimate of drug-likeness (QED) is 0.0609. The standard InChI is InChI=1S/C34H72O3Si/c1-6-8-10-12-14-16-18-19-21-23-25-27-29-31-36-34(33-37-38(3,4)5)32-35-30-28-26-24-22-20-17-15-13-11-9-7-2/h34H,6-33H2,1-5H3. The van der Waals surface area contributed by atoms with Gasteiger partial charge in [-0.25, -0.2) is 0 Å². The van der Waals surface area contributed by atoms with Crippen molar-refractivity contribution in [2.45, 2.75) is 194 Å². The zero-order valence-electron chi connectivity index (χ0n) is 27.1. The predicted octanol–water partition coefficient (Wildman–Crippen LogP) is 11.6. The highest BCUT2D eigenvalue weighted by Crippen LogP contribution is 2.14. The van der Waals surface area contributed by atoms with Crippen LogP contribution in [0, 0.1) is 0 Å². The maximum Gasteiger partial charge on any atom is 0.183 e. The molecule has 0 aromatic rings. The van der Waals surface area contributed by atoms with Crippen LogP contribution in [-0.2, 0) is 13.9 Å². The van der Waals surface area contributed by atoms with E-state index < -0.39 is 8.32 Å². The molecule has 0 aliphatic rings. The van der Waals surface area contributed by atoms with Crippen molar-refractivity contribution in [3.63, 3.8) is 0 Å². The number of rotatable bonds is 32. The zero-order valence-corrected chi connectivity index (χ0v) is 28.1. The second-order valence-corrected chi connectivity index (χ2v) is 17.3. The van der Waals surface area contributed by atoms with Gasteiger partial charge < -0.3 is 13.9 Å². The van der Waals surface area contributed by atoms with Crippen LogP contribution in [0.5, 0.6) is 0 Å². The lowest BCUT2D eigenvalue weighted by atomic mass is 10.0. The van der Waals surface area contributed by atoms with Crippen LogP contribution in [0.25, 0.3) is 0 Å². The molecule has 3 nitrogen and oxygen atoms in total. The lowest BCUT2D eigenvalue weighted by molar-refractivity contribution is -0.0403. The minimum atomic E-state index is -1.53. The molecule has 1 atom stereocenters. The minimum absolute atomic E-state index is 0.0896. The lowest BCUT2D eigenvalue weighted by Crippen LogP contribution is -2.34. The van der Waals surface area contributed by atoms with Gasteiger partial charge in [-0.15, -0.1) is 0 Å². The molecule has 0 aliphatic carbocycles. The van der Waals surface area contributed by atoms with E-state index in [-0.39, 0.29) is 6.10 Å². The molecule has 0 rings (SSSR count). The third kappa shape index (κ3) is 32.3. The lowest BCUT2D eigenvalue weighted by Gasteiger charge is -2.23. The highest BCUT2D eigenvalue weighted by Gasteiger charge is 2.18. The Kier molecular flexibility index (Phi) is 30.1. The molecule has 0 radical (unpaired) electrons. The third-order valence-electron chi connectivity index (χ3n) is 7.50. The molecule has 0 bridgehead atoms. The first-order valence-corrected chi connectivity index (χ1v) is 20.7. The van der Waals surface area contributed by atoms with E-state index >= 15 is 0 Å². The fourth-order valence-electron chi connectivity index (χ4n) is 4.94. The van der Waals surface area contributed by atoms with E-state index in [0.717, 1.165) is 13.2 Å². The van der Waals surface area contributed by atoms with Crippen molar-refractivity contribution in [2.24, 2.45) is 0 Å².